The van der Waals surface area contributed by atoms with E-state index in [2.05, 4.69) is 15.3 Å². The quantitative estimate of drug-likeness (QED) is 0.896. The van der Waals surface area contributed by atoms with Gasteiger partial charge in [-0.05, 0) is 31.5 Å². The van der Waals surface area contributed by atoms with Crippen molar-refractivity contribution in [3.8, 4) is 0 Å². The standard InChI is InChI=1S/C16H19ClN4O2S/c1-11-8-15(19-13-5-3-4-12(17)9-13)20-16(18-11)21(2)14-6-7-24(22,23)10-14/h3-5,8-9,14H,6-7,10H2,1-2H3,(H,18,19,20). The van der Waals surface area contributed by atoms with Gasteiger partial charge in [-0.1, -0.05) is 17.7 Å². The highest BCUT2D eigenvalue weighted by molar-refractivity contribution is 7.91. The first-order valence-electron chi connectivity index (χ1n) is 7.64. The first-order valence-corrected chi connectivity index (χ1v) is 9.84. The van der Waals surface area contributed by atoms with Crippen molar-refractivity contribution < 1.29 is 8.42 Å². The summed E-state index contributed by atoms with van der Waals surface area (Å²) < 4.78 is 23.4. The van der Waals surface area contributed by atoms with Gasteiger partial charge in [0.25, 0.3) is 0 Å². The van der Waals surface area contributed by atoms with Crippen LogP contribution in [0, 0.1) is 6.92 Å². The summed E-state index contributed by atoms with van der Waals surface area (Å²) in [4.78, 5) is 10.8. The zero-order chi connectivity index (χ0) is 17.3. The maximum Gasteiger partial charge on any atom is 0.227 e. The number of nitrogens with zero attached hydrogens (tertiary/aromatic N) is 3. The minimum absolute atomic E-state index is 0.0872. The summed E-state index contributed by atoms with van der Waals surface area (Å²) in [6.45, 7) is 1.88. The van der Waals surface area contributed by atoms with Crippen molar-refractivity contribution in [2.45, 2.75) is 19.4 Å². The fourth-order valence-corrected chi connectivity index (χ4v) is 4.70. The fraction of sp³-hybridized carbons (Fsp3) is 0.375. The third-order valence-corrected chi connectivity index (χ3v) is 6.00. The van der Waals surface area contributed by atoms with E-state index in [1.165, 1.54) is 0 Å². The van der Waals surface area contributed by atoms with E-state index in [1.54, 1.807) is 6.07 Å². The number of hydrogen-bond donors (Lipinski definition) is 1. The molecule has 0 amide bonds. The minimum atomic E-state index is -2.95. The van der Waals surface area contributed by atoms with Gasteiger partial charge >= 0.3 is 0 Å². The van der Waals surface area contributed by atoms with Crippen molar-refractivity contribution >= 4 is 38.9 Å². The van der Waals surface area contributed by atoms with E-state index in [0.29, 0.717) is 23.2 Å². The lowest BCUT2D eigenvalue weighted by atomic mass is 10.2. The number of rotatable bonds is 4. The van der Waals surface area contributed by atoms with Gasteiger partial charge in [-0.25, -0.2) is 13.4 Å². The van der Waals surface area contributed by atoms with E-state index >= 15 is 0 Å². The third-order valence-electron chi connectivity index (χ3n) is 4.01. The van der Waals surface area contributed by atoms with Crippen molar-refractivity contribution in [2.75, 3.05) is 28.8 Å². The Morgan fingerprint density at radius 2 is 2.08 bits per heavy atom. The molecule has 0 spiro atoms. The predicted octanol–water partition coefficient (Wildman–Crippen LogP) is 2.81. The Labute approximate surface area is 146 Å². The maximum atomic E-state index is 11.7. The van der Waals surface area contributed by atoms with Crippen LogP contribution < -0.4 is 10.2 Å². The molecule has 0 aliphatic carbocycles. The molecule has 24 heavy (non-hydrogen) atoms. The topological polar surface area (TPSA) is 75.2 Å². The number of hydrogen-bond acceptors (Lipinski definition) is 6. The highest BCUT2D eigenvalue weighted by Gasteiger charge is 2.31. The van der Waals surface area contributed by atoms with Crippen LogP contribution in [0.1, 0.15) is 12.1 Å². The van der Waals surface area contributed by atoms with Crippen molar-refractivity contribution in [3.63, 3.8) is 0 Å². The summed E-state index contributed by atoms with van der Waals surface area (Å²) in [5.74, 6) is 1.54. The van der Waals surface area contributed by atoms with Crippen molar-refractivity contribution in [1.82, 2.24) is 9.97 Å². The highest BCUT2D eigenvalue weighted by Crippen LogP contribution is 2.24. The molecule has 2 heterocycles. The number of aryl methyl sites for hydroxylation is 1. The van der Waals surface area contributed by atoms with Gasteiger partial charge in [0.2, 0.25) is 5.95 Å². The average Bonchev–Trinajstić information content (AvgIpc) is 2.86. The van der Waals surface area contributed by atoms with E-state index in [-0.39, 0.29) is 17.5 Å². The number of anilines is 3. The van der Waals surface area contributed by atoms with Gasteiger partial charge < -0.3 is 10.2 Å². The summed E-state index contributed by atoms with van der Waals surface area (Å²) in [5, 5.41) is 3.85. The summed E-state index contributed by atoms with van der Waals surface area (Å²) in [6.07, 6.45) is 0.604. The van der Waals surface area contributed by atoms with E-state index in [1.807, 2.05) is 43.1 Å². The van der Waals surface area contributed by atoms with Crippen LogP contribution in [-0.4, -0.2) is 43.0 Å². The molecule has 1 aromatic carbocycles. The summed E-state index contributed by atoms with van der Waals surface area (Å²) in [7, 11) is -1.11. The molecule has 1 aliphatic rings. The fourth-order valence-electron chi connectivity index (χ4n) is 2.73. The third kappa shape index (κ3) is 3.96. The number of sulfone groups is 1. The first-order chi connectivity index (χ1) is 11.3. The molecule has 0 bridgehead atoms. The molecule has 1 saturated heterocycles. The number of benzene rings is 1. The lowest BCUT2D eigenvalue weighted by Crippen LogP contribution is -2.34. The van der Waals surface area contributed by atoms with E-state index in [4.69, 9.17) is 11.6 Å². The lowest BCUT2D eigenvalue weighted by Gasteiger charge is -2.24. The molecule has 1 fully saturated rings. The van der Waals surface area contributed by atoms with Crippen LogP contribution in [0.3, 0.4) is 0 Å². The molecular weight excluding hydrogens is 348 g/mol. The monoisotopic (exact) mass is 366 g/mol. The second-order valence-corrected chi connectivity index (χ2v) is 8.66. The van der Waals surface area contributed by atoms with Gasteiger partial charge in [-0.2, -0.15) is 4.98 Å². The number of nitrogens with one attached hydrogen (secondary N) is 1. The van der Waals surface area contributed by atoms with Crippen LogP contribution in [-0.2, 0) is 9.84 Å². The molecule has 1 N–H and O–H groups in total. The van der Waals surface area contributed by atoms with Crippen molar-refractivity contribution in [2.24, 2.45) is 0 Å². The van der Waals surface area contributed by atoms with Crippen LogP contribution in [0.2, 0.25) is 5.02 Å². The maximum absolute atomic E-state index is 11.7. The van der Waals surface area contributed by atoms with Gasteiger partial charge in [0.1, 0.15) is 5.82 Å². The van der Waals surface area contributed by atoms with Crippen molar-refractivity contribution in [1.29, 1.82) is 0 Å². The molecule has 1 atom stereocenters. The van der Waals surface area contributed by atoms with E-state index in [9.17, 15) is 8.42 Å². The first kappa shape index (κ1) is 17.0. The van der Waals surface area contributed by atoms with E-state index in [0.717, 1.165) is 11.4 Å². The molecule has 8 heteroatoms. The minimum Gasteiger partial charge on any atom is -0.340 e. The van der Waals surface area contributed by atoms with Crippen LogP contribution >= 0.6 is 11.6 Å². The lowest BCUT2D eigenvalue weighted by molar-refractivity contribution is 0.600. The zero-order valence-corrected chi connectivity index (χ0v) is 15.1. The van der Waals surface area contributed by atoms with Gasteiger partial charge in [0.15, 0.2) is 9.84 Å². The molecule has 6 nitrogen and oxygen atoms in total. The summed E-state index contributed by atoms with van der Waals surface area (Å²) in [5.41, 5.74) is 1.63. The number of halogens is 1. The average molecular weight is 367 g/mol. The zero-order valence-electron chi connectivity index (χ0n) is 13.5. The predicted molar refractivity (Wildman–Crippen MR) is 97.0 cm³/mol. The van der Waals surface area contributed by atoms with Gasteiger partial charge in [-0.3, -0.25) is 0 Å². The van der Waals surface area contributed by atoms with Gasteiger partial charge in [0.05, 0.1) is 11.5 Å². The Kier molecular flexibility index (Phi) is 4.64. The molecule has 1 unspecified atom stereocenters. The van der Waals surface area contributed by atoms with Crippen molar-refractivity contribution in [3.05, 3.63) is 41.0 Å². The molecular formula is C16H19ClN4O2S. The highest BCUT2D eigenvalue weighted by atomic mass is 35.5. The Morgan fingerprint density at radius 1 is 1.29 bits per heavy atom. The molecule has 1 aromatic heterocycles. The summed E-state index contributed by atoms with van der Waals surface area (Å²) >= 11 is 6.00. The largest absolute Gasteiger partial charge is 0.340 e. The second-order valence-electron chi connectivity index (χ2n) is 6.00. The second kappa shape index (κ2) is 6.57. The van der Waals surface area contributed by atoms with Crippen LogP contribution in [0.4, 0.5) is 17.5 Å². The SMILES string of the molecule is Cc1cc(Nc2cccc(Cl)c2)nc(N(C)C2CCS(=O)(=O)C2)n1. The summed E-state index contributed by atoms with van der Waals surface area (Å²) in [6, 6.07) is 9.12. The molecule has 0 saturated carbocycles. The van der Waals surface area contributed by atoms with Crippen LogP contribution in [0.25, 0.3) is 0 Å². The Morgan fingerprint density at radius 3 is 2.75 bits per heavy atom. The molecule has 0 radical (unpaired) electrons. The molecule has 3 rings (SSSR count). The Hall–Kier alpha value is -1.86. The Bertz CT molecular complexity index is 857. The van der Waals surface area contributed by atoms with Gasteiger partial charge in [0, 0.05) is 35.6 Å². The molecule has 1 aliphatic heterocycles. The van der Waals surface area contributed by atoms with Crippen LogP contribution in [0.5, 0.6) is 0 Å². The molecule has 128 valence electrons. The van der Waals surface area contributed by atoms with E-state index < -0.39 is 9.84 Å². The molecule has 2 aromatic rings. The number of aromatic nitrogens is 2. The van der Waals surface area contributed by atoms with Gasteiger partial charge in [-0.15, -0.1) is 0 Å². The smallest absolute Gasteiger partial charge is 0.227 e. The Balaban J connectivity index is 1.83. The van der Waals surface area contributed by atoms with Crippen LogP contribution in [0.15, 0.2) is 30.3 Å². The normalized spacial score (nSPS) is 19.2.